The van der Waals surface area contributed by atoms with Crippen molar-refractivity contribution in [2.24, 2.45) is 0 Å². The Bertz CT molecular complexity index is 2110. The van der Waals surface area contributed by atoms with Crippen LogP contribution in [0.1, 0.15) is 0 Å². The summed E-state index contributed by atoms with van der Waals surface area (Å²) in [5.41, 5.74) is 3.68. The number of rotatable bonds is 3. The van der Waals surface area contributed by atoms with Crippen LogP contribution in [0.4, 0.5) is 0 Å². The van der Waals surface area contributed by atoms with Crippen molar-refractivity contribution in [1.82, 2.24) is 0 Å². The van der Waals surface area contributed by atoms with Crippen LogP contribution in [0, 0.1) is 0 Å². The van der Waals surface area contributed by atoms with Gasteiger partial charge in [0.2, 0.25) is 0 Å². The lowest BCUT2D eigenvalue weighted by molar-refractivity contribution is 0.451. The number of furan rings is 1. The van der Waals surface area contributed by atoms with Crippen molar-refractivity contribution >= 4 is 72.7 Å². The number of hydrogen-bond donors (Lipinski definition) is 1. The summed E-state index contributed by atoms with van der Waals surface area (Å²) in [4.78, 5) is 0. The zero-order valence-electron chi connectivity index (χ0n) is 19.2. The Kier molecular flexibility index (Phi) is 3.97. The van der Waals surface area contributed by atoms with Gasteiger partial charge in [0.05, 0.1) is 0 Å². The van der Waals surface area contributed by atoms with Crippen LogP contribution in [0.25, 0.3) is 76.2 Å². The highest BCUT2D eigenvalue weighted by Crippen LogP contribution is 2.43. The first-order chi connectivity index (χ1) is 17.8. The van der Waals surface area contributed by atoms with Crippen LogP contribution >= 0.6 is 0 Å². The first-order valence-corrected chi connectivity index (χ1v) is 12.0. The Hall–Kier alpha value is -4.54. The van der Waals surface area contributed by atoms with E-state index in [0.29, 0.717) is 19.0 Å². The largest absolute Gasteiger partial charge is 0.569 e. The highest BCUT2D eigenvalue weighted by molar-refractivity contribution is 6.26. The van der Waals surface area contributed by atoms with Gasteiger partial charge >= 0.3 is 7.69 Å². The van der Waals surface area contributed by atoms with Crippen molar-refractivity contribution < 1.29 is 14.1 Å². The van der Waals surface area contributed by atoms with E-state index < -0.39 is 0 Å². The van der Waals surface area contributed by atoms with Crippen molar-refractivity contribution in [1.29, 1.82) is 0 Å². The van der Waals surface area contributed by atoms with Gasteiger partial charge in [-0.1, -0.05) is 84.9 Å². The minimum Gasteiger partial charge on any atom is -0.535 e. The van der Waals surface area contributed by atoms with Crippen molar-refractivity contribution in [3.63, 3.8) is 0 Å². The summed E-state index contributed by atoms with van der Waals surface area (Å²) in [7, 11) is 0.701. The summed E-state index contributed by atoms with van der Waals surface area (Å²) in [6, 6.07) is 36.2. The Morgan fingerprint density at radius 1 is 0.583 bits per heavy atom. The van der Waals surface area contributed by atoms with Gasteiger partial charge in [-0.2, -0.15) is 0 Å². The molecule has 1 radical (unpaired) electrons. The Labute approximate surface area is 206 Å². The van der Waals surface area contributed by atoms with E-state index in [1.165, 1.54) is 37.9 Å². The van der Waals surface area contributed by atoms with Gasteiger partial charge in [0.1, 0.15) is 11.3 Å². The van der Waals surface area contributed by atoms with Crippen LogP contribution in [-0.4, -0.2) is 12.7 Å². The van der Waals surface area contributed by atoms with Crippen molar-refractivity contribution in [2.45, 2.75) is 0 Å². The highest BCUT2D eigenvalue weighted by atomic mass is 16.5. The van der Waals surface area contributed by atoms with Crippen molar-refractivity contribution in [2.75, 3.05) is 0 Å². The predicted molar refractivity (Wildman–Crippen MR) is 149 cm³/mol. The molecule has 8 rings (SSSR count). The first kappa shape index (κ1) is 19.7. The van der Waals surface area contributed by atoms with E-state index in [0.717, 1.165) is 32.7 Å². The van der Waals surface area contributed by atoms with Gasteiger partial charge in [0, 0.05) is 10.8 Å². The van der Waals surface area contributed by atoms with Crippen molar-refractivity contribution in [3.8, 4) is 16.9 Å². The van der Waals surface area contributed by atoms with Gasteiger partial charge in [0.25, 0.3) is 0 Å². The molecular weight excluding hydrogens is 443 g/mol. The fourth-order valence-corrected chi connectivity index (χ4v) is 5.89. The van der Waals surface area contributed by atoms with Gasteiger partial charge in [0.15, 0.2) is 5.58 Å². The number of fused-ring (bicyclic) bond motifs is 5. The molecule has 0 bridgehead atoms. The average Bonchev–Trinajstić information content (AvgIpc) is 3.31. The summed E-state index contributed by atoms with van der Waals surface area (Å²) >= 11 is 0. The zero-order valence-corrected chi connectivity index (χ0v) is 19.2. The SMILES string of the molecule is O[B]Oc1cc2ccccc2c2c1oc1cc(-c3ccc4ccc5cccc6ccc3c4c56)ccc12. The third-order valence-electron chi connectivity index (χ3n) is 7.45. The Balaban J connectivity index is 1.43. The second-order valence-electron chi connectivity index (χ2n) is 9.31. The van der Waals surface area contributed by atoms with Gasteiger partial charge in [-0.25, -0.2) is 0 Å². The first-order valence-electron chi connectivity index (χ1n) is 12.0. The molecule has 1 aromatic heterocycles. The Morgan fingerprint density at radius 3 is 2.17 bits per heavy atom. The molecule has 7 aromatic carbocycles. The van der Waals surface area contributed by atoms with Crippen LogP contribution < -0.4 is 4.65 Å². The van der Waals surface area contributed by atoms with Crippen LogP contribution in [-0.2, 0) is 0 Å². The van der Waals surface area contributed by atoms with Crippen LogP contribution in [0.5, 0.6) is 5.75 Å². The third-order valence-corrected chi connectivity index (χ3v) is 7.45. The summed E-state index contributed by atoms with van der Waals surface area (Å²) in [6.45, 7) is 0. The standard InChI is InChI=1S/C32H18BO3/c34-33-36-28-17-21-4-1-2-7-24(21)31-26-15-12-22(16-27(26)35-32(28)31)23-13-10-20-9-8-18-5-3-6-19-11-14-25(23)30(20)29(18)19/h1-17,34H. The monoisotopic (exact) mass is 461 g/mol. The second-order valence-corrected chi connectivity index (χ2v) is 9.31. The molecule has 4 heteroatoms. The van der Waals surface area contributed by atoms with E-state index in [1.54, 1.807) is 0 Å². The lowest BCUT2D eigenvalue weighted by Crippen LogP contribution is -1.99. The molecular formula is C32H18BO3. The molecule has 0 fully saturated rings. The molecule has 36 heavy (non-hydrogen) atoms. The van der Waals surface area contributed by atoms with Gasteiger partial charge in [-0.3, -0.25) is 0 Å². The molecule has 0 aliphatic rings. The molecule has 0 atom stereocenters. The minimum atomic E-state index is 0.492. The van der Waals surface area contributed by atoms with Crippen LogP contribution in [0.3, 0.4) is 0 Å². The highest BCUT2D eigenvalue weighted by Gasteiger charge is 2.18. The zero-order chi connectivity index (χ0) is 23.8. The van der Waals surface area contributed by atoms with E-state index in [-0.39, 0.29) is 0 Å². The summed E-state index contributed by atoms with van der Waals surface area (Å²) in [6.07, 6.45) is 0. The topological polar surface area (TPSA) is 42.6 Å². The number of benzene rings is 7. The van der Waals surface area contributed by atoms with E-state index in [4.69, 9.17) is 9.07 Å². The van der Waals surface area contributed by atoms with Crippen LogP contribution in [0.2, 0.25) is 0 Å². The maximum atomic E-state index is 9.35. The molecule has 0 spiro atoms. The molecule has 3 nitrogen and oxygen atoms in total. The van der Waals surface area contributed by atoms with E-state index in [9.17, 15) is 5.02 Å². The molecule has 0 saturated heterocycles. The van der Waals surface area contributed by atoms with E-state index in [2.05, 4.69) is 78.9 Å². The lowest BCUT2D eigenvalue weighted by Gasteiger charge is -2.14. The predicted octanol–water partition coefficient (Wildman–Crippen LogP) is 8.21. The fraction of sp³-hybridized carbons (Fsp3) is 0. The normalized spacial score (nSPS) is 12.0. The van der Waals surface area contributed by atoms with Gasteiger partial charge < -0.3 is 14.1 Å². The maximum absolute atomic E-state index is 9.35. The van der Waals surface area contributed by atoms with E-state index in [1.807, 2.05) is 24.3 Å². The minimum absolute atomic E-state index is 0.492. The summed E-state index contributed by atoms with van der Waals surface area (Å²) in [5.74, 6) is 0.492. The molecule has 0 saturated carbocycles. The quantitative estimate of drug-likeness (QED) is 0.213. The van der Waals surface area contributed by atoms with Gasteiger partial charge in [-0.05, 0) is 72.4 Å². The third kappa shape index (κ3) is 2.62. The lowest BCUT2D eigenvalue weighted by atomic mass is 9.89. The maximum Gasteiger partial charge on any atom is 0.569 e. The molecule has 1 heterocycles. The molecule has 1 N–H and O–H groups in total. The van der Waals surface area contributed by atoms with Crippen LogP contribution in [0.15, 0.2) is 108 Å². The smallest absolute Gasteiger partial charge is 0.535 e. The molecule has 0 unspecified atom stereocenters. The van der Waals surface area contributed by atoms with Gasteiger partial charge in [-0.15, -0.1) is 0 Å². The van der Waals surface area contributed by atoms with Crippen molar-refractivity contribution in [3.05, 3.63) is 103 Å². The summed E-state index contributed by atoms with van der Waals surface area (Å²) in [5, 5.41) is 21.1. The molecule has 8 aromatic rings. The molecule has 0 aliphatic heterocycles. The second kappa shape index (κ2) is 7.23. The molecule has 0 aliphatic carbocycles. The Morgan fingerprint density at radius 2 is 1.31 bits per heavy atom. The summed E-state index contributed by atoms with van der Waals surface area (Å²) < 4.78 is 11.8. The molecule has 0 amide bonds. The van der Waals surface area contributed by atoms with E-state index >= 15 is 0 Å². The fourth-order valence-electron chi connectivity index (χ4n) is 5.89. The molecule has 167 valence electrons. The number of hydrogen-bond acceptors (Lipinski definition) is 3. The average molecular weight is 461 g/mol.